The molecular formula is C22H29N5O2. The number of pyridine rings is 1. The lowest BCUT2D eigenvalue weighted by atomic mass is 9.91. The number of ether oxygens (including phenoxy) is 1. The minimum Gasteiger partial charge on any atom is -0.381 e. The molecule has 1 aliphatic heterocycles. The third kappa shape index (κ3) is 3.96. The van der Waals surface area contributed by atoms with Crippen molar-refractivity contribution in [3.05, 3.63) is 30.2 Å². The molecule has 0 radical (unpaired) electrons. The summed E-state index contributed by atoms with van der Waals surface area (Å²) in [6.45, 7) is 4.09. The summed E-state index contributed by atoms with van der Waals surface area (Å²) in [5.41, 5.74) is 2.32. The Hall–Kier alpha value is -2.54. The first-order valence-electron chi connectivity index (χ1n) is 11.1. The van der Waals surface area contributed by atoms with Crippen LogP contribution < -0.4 is 10.2 Å². The number of fused-ring (bicyclic) bond motifs is 1. The molecule has 1 saturated carbocycles. The number of rotatable bonds is 3. The maximum atomic E-state index is 13.0. The van der Waals surface area contributed by atoms with Gasteiger partial charge >= 0.3 is 0 Å². The normalized spacial score (nSPS) is 25.0. The van der Waals surface area contributed by atoms with Crippen LogP contribution in [0.5, 0.6) is 0 Å². The van der Waals surface area contributed by atoms with Crippen molar-refractivity contribution < 1.29 is 12.3 Å². The van der Waals surface area contributed by atoms with Crippen LogP contribution in [0.2, 0.25) is 0 Å². The monoisotopic (exact) mass is 397 g/mol. The summed E-state index contributed by atoms with van der Waals surface area (Å²) in [7, 11) is 1.70. The predicted molar refractivity (Wildman–Crippen MR) is 113 cm³/mol. The Labute approximate surface area is 174 Å². The fourth-order valence-corrected chi connectivity index (χ4v) is 3.91. The number of hydrogen-bond donors (Lipinski definition) is 1. The molecule has 0 unspecified atom stereocenters. The lowest BCUT2D eigenvalue weighted by molar-refractivity contribution is -0.118. The SMILES string of the molecule is [2H]C1([2H])Nc2ncc(-c3ccc(C(C)(C)C)nc3)nc2N(C2CCC(OC)CC2)C1=O. The molecule has 1 N–H and O–H groups in total. The Balaban J connectivity index is 1.70. The summed E-state index contributed by atoms with van der Waals surface area (Å²) < 4.78 is 21.7. The number of carbonyl (C=O) groups is 1. The third-order valence-corrected chi connectivity index (χ3v) is 5.66. The molecule has 0 saturated heterocycles. The van der Waals surface area contributed by atoms with Gasteiger partial charge in [-0.15, -0.1) is 0 Å². The van der Waals surface area contributed by atoms with Gasteiger partial charge in [-0.25, -0.2) is 9.97 Å². The van der Waals surface area contributed by atoms with Crippen molar-refractivity contribution in [3.8, 4) is 11.3 Å². The number of amides is 1. The lowest BCUT2D eigenvalue weighted by Gasteiger charge is -2.38. The highest BCUT2D eigenvalue weighted by atomic mass is 16.5. The van der Waals surface area contributed by atoms with Crippen LogP contribution >= 0.6 is 0 Å². The number of carbonyl (C=O) groups excluding carboxylic acids is 1. The van der Waals surface area contributed by atoms with Crippen LogP contribution in [0.4, 0.5) is 11.6 Å². The van der Waals surface area contributed by atoms with E-state index in [9.17, 15) is 4.79 Å². The number of nitrogens with zero attached hydrogens (tertiary/aromatic N) is 4. The maximum Gasteiger partial charge on any atom is 0.247 e. The van der Waals surface area contributed by atoms with E-state index < -0.39 is 12.4 Å². The van der Waals surface area contributed by atoms with E-state index in [4.69, 9.17) is 12.5 Å². The summed E-state index contributed by atoms with van der Waals surface area (Å²) in [5.74, 6) is 0.0217. The average molecular weight is 398 g/mol. The molecule has 4 rings (SSSR count). The zero-order chi connectivity index (χ0) is 22.4. The maximum absolute atomic E-state index is 13.0. The molecule has 0 bridgehead atoms. The number of anilines is 2. The molecule has 2 aromatic heterocycles. The first-order valence-corrected chi connectivity index (χ1v) is 10.1. The van der Waals surface area contributed by atoms with Crippen molar-refractivity contribution in [1.29, 1.82) is 0 Å². The predicted octanol–water partition coefficient (Wildman–Crippen LogP) is 3.55. The molecule has 1 amide bonds. The highest BCUT2D eigenvalue weighted by Gasteiger charge is 2.35. The third-order valence-electron chi connectivity index (χ3n) is 5.66. The number of methoxy groups -OCH3 is 1. The summed E-state index contributed by atoms with van der Waals surface area (Å²) in [5, 5.41) is 2.61. The van der Waals surface area contributed by atoms with Crippen molar-refractivity contribution in [2.75, 3.05) is 23.8 Å². The van der Waals surface area contributed by atoms with Gasteiger partial charge in [0, 0.05) is 36.0 Å². The van der Waals surface area contributed by atoms with Gasteiger partial charge in [-0.3, -0.25) is 14.7 Å². The van der Waals surface area contributed by atoms with E-state index in [2.05, 4.69) is 36.1 Å². The van der Waals surface area contributed by atoms with E-state index in [-0.39, 0.29) is 23.4 Å². The molecule has 7 heteroatoms. The summed E-state index contributed by atoms with van der Waals surface area (Å²) in [6, 6.07) is 3.79. The van der Waals surface area contributed by atoms with Gasteiger partial charge in [-0.05, 0) is 37.8 Å². The second-order valence-electron chi connectivity index (χ2n) is 8.70. The fraction of sp³-hybridized carbons (Fsp3) is 0.545. The molecule has 1 aliphatic carbocycles. The Morgan fingerprint density at radius 1 is 1.17 bits per heavy atom. The highest BCUT2D eigenvalue weighted by molar-refractivity contribution is 6.01. The molecule has 2 aromatic rings. The Morgan fingerprint density at radius 2 is 1.93 bits per heavy atom. The highest BCUT2D eigenvalue weighted by Crippen LogP contribution is 2.34. The van der Waals surface area contributed by atoms with Gasteiger partial charge in [-0.2, -0.15) is 0 Å². The minimum absolute atomic E-state index is 0.0557. The van der Waals surface area contributed by atoms with Gasteiger partial charge in [0.05, 0.1) is 27.2 Å². The quantitative estimate of drug-likeness (QED) is 0.853. The Kier molecular flexibility index (Phi) is 4.60. The van der Waals surface area contributed by atoms with Crippen LogP contribution in [0.15, 0.2) is 24.5 Å². The number of hydrogen-bond acceptors (Lipinski definition) is 6. The molecule has 7 nitrogen and oxygen atoms in total. The van der Waals surface area contributed by atoms with Crippen LogP contribution in [0, 0.1) is 0 Å². The first kappa shape index (κ1) is 17.3. The topological polar surface area (TPSA) is 80.2 Å². The molecule has 2 aliphatic rings. The van der Waals surface area contributed by atoms with Gasteiger partial charge in [0.25, 0.3) is 0 Å². The molecule has 1 fully saturated rings. The van der Waals surface area contributed by atoms with E-state index in [0.29, 0.717) is 11.5 Å². The van der Waals surface area contributed by atoms with E-state index in [1.807, 2.05) is 12.1 Å². The van der Waals surface area contributed by atoms with Crippen molar-refractivity contribution in [1.82, 2.24) is 15.0 Å². The Morgan fingerprint density at radius 3 is 2.55 bits per heavy atom. The van der Waals surface area contributed by atoms with Crippen molar-refractivity contribution >= 4 is 17.5 Å². The molecule has 0 atom stereocenters. The summed E-state index contributed by atoms with van der Waals surface area (Å²) in [6.07, 6.45) is 6.63. The largest absolute Gasteiger partial charge is 0.381 e. The molecular weight excluding hydrogens is 366 g/mol. The molecule has 154 valence electrons. The molecule has 0 spiro atoms. The van der Waals surface area contributed by atoms with Crippen LogP contribution in [0.3, 0.4) is 0 Å². The van der Waals surface area contributed by atoms with Crippen molar-refractivity contribution in [2.24, 2.45) is 0 Å². The fourth-order valence-electron chi connectivity index (χ4n) is 3.91. The van der Waals surface area contributed by atoms with E-state index in [1.54, 1.807) is 19.5 Å². The van der Waals surface area contributed by atoms with Gasteiger partial charge in [0.15, 0.2) is 11.6 Å². The number of nitrogens with one attached hydrogen (secondary N) is 1. The van der Waals surface area contributed by atoms with Crippen LogP contribution in [0.1, 0.15) is 54.9 Å². The second-order valence-corrected chi connectivity index (χ2v) is 8.70. The molecule has 0 aromatic carbocycles. The van der Waals surface area contributed by atoms with Crippen LogP contribution in [0.25, 0.3) is 11.3 Å². The Bertz CT molecular complexity index is 967. The van der Waals surface area contributed by atoms with Gasteiger partial charge in [0.2, 0.25) is 5.91 Å². The van der Waals surface area contributed by atoms with Crippen LogP contribution in [-0.4, -0.2) is 46.6 Å². The van der Waals surface area contributed by atoms with E-state index in [1.165, 1.54) is 4.90 Å². The van der Waals surface area contributed by atoms with E-state index >= 15 is 0 Å². The van der Waals surface area contributed by atoms with Gasteiger partial charge in [-0.1, -0.05) is 20.8 Å². The van der Waals surface area contributed by atoms with Gasteiger partial charge < -0.3 is 10.1 Å². The molecule has 29 heavy (non-hydrogen) atoms. The lowest BCUT2D eigenvalue weighted by Crippen LogP contribution is -2.49. The van der Waals surface area contributed by atoms with Crippen molar-refractivity contribution in [3.63, 3.8) is 0 Å². The summed E-state index contributed by atoms with van der Waals surface area (Å²) in [4.78, 5) is 28.3. The zero-order valence-corrected chi connectivity index (χ0v) is 17.4. The second kappa shape index (κ2) is 7.71. The van der Waals surface area contributed by atoms with Crippen molar-refractivity contribution in [2.45, 2.75) is 64.0 Å². The average Bonchev–Trinajstić information content (AvgIpc) is 2.74. The van der Waals surface area contributed by atoms with Gasteiger partial charge in [0.1, 0.15) is 0 Å². The molecule has 3 heterocycles. The smallest absolute Gasteiger partial charge is 0.247 e. The van der Waals surface area contributed by atoms with Crippen LogP contribution in [-0.2, 0) is 14.9 Å². The minimum atomic E-state index is -2.22. The standard InChI is InChI=1S/C22H29N5O2/c1-22(2,3)18-10-5-14(11-23-18)17-12-24-20-21(26-17)27(19(28)13-25-20)15-6-8-16(29-4)9-7-15/h5,10-12,15-16H,6-9,13H2,1-4H3,(H,24,25)/i13D2. The zero-order valence-electron chi connectivity index (χ0n) is 19.4. The first-order chi connectivity index (χ1) is 14.6. The number of aromatic nitrogens is 3. The van der Waals surface area contributed by atoms with E-state index in [0.717, 1.165) is 36.9 Å². The summed E-state index contributed by atoms with van der Waals surface area (Å²) >= 11 is 0.